The van der Waals surface area contributed by atoms with E-state index in [-0.39, 0.29) is 6.61 Å². The third-order valence-corrected chi connectivity index (χ3v) is 3.32. The lowest BCUT2D eigenvalue weighted by Gasteiger charge is -2.11. The smallest absolute Gasteiger partial charge is 0.488 e. The normalized spacial score (nSPS) is 10.5. The van der Waals surface area contributed by atoms with Gasteiger partial charge < -0.3 is 19.5 Å². The topological polar surface area (TPSA) is 58.9 Å². The highest BCUT2D eigenvalue weighted by atomic mass is 35.5. The van der Waals surface area contributed by atoms with Crippen molar-refractivity contribution in [3.8, 4) is 5.75 Å². The Morgan fingerprint density at radius 2 is 1.76 bits per heavy atom. The number of methoxy groups -OCH3 is 1. The zero-order valence-corrected chi connectivity index (χ0v) is 12.4. The van der Waals surface area contributed by atoms with Crippen molar-refractivity contribution in [3.63, 3.8) is 0 Å². The molecule has 0 aliphatic rings. The molecule has 0 fully saturated rings. The van der Waals surface area contributed by atoms with Crippen molar-refractivity contribution >= 4 is 24.2 Å². The predicted octanol–water partition coefficient (Wildman–Crippen LogP) is 1.75. The summed E-state index contributed by atoms with van der Waals surface area (Å²) in [4.78, 5) is 0. The largest absolute Gasteiger partial charge is 0.497 e. The van der Waals surface area contributed by atoms with Gasteiger partial charge >= 0.3 is 7.12 Å². The fraction of sp³-hybridized carbons (Fsp3) is 0.200. The summed E-state index contributed by atoms with van der Waals surface area (Å²) in [5.74, 6) is 0.643. The second-order valence-corrected chi connectivity index (χ2v) is 4.99. The third kappa shape index (κ3) is 4.47. The standard InChI is InChI=1S/C15H16BClO4/c1-20-14-6-7-15(16(18)19)12(8-14)10-21-9-11-2-4-13(17)5-3-11/h2-8,18-19H,9-10H2,1H3. The fourth-order valence-corrected chi connectivity index (χ4v) is 2.07. The maximum atomic E-state index is 9.36. The van der Waals surface area contributed by atoms with Gasteiger partial charge in [-0.1, -0.05) is 29.8 Å². The summed E-state index contributed by atoms with van der Waals surface area (Å²) < 4.78 is 10.7. The molecule has 0 unspecified atom stereocenters. The van der Waals surface area contributed by atoms with Gasteiger partial charge in [0.1, 0.15) is 5.75 Å². The Bertz CT molecular complexity index is 587. The summed E-state index contributed by atoms with van der Waals surface area (Å²) in [5.41, 5.74) is 2.08. The first-order chi connectivity index (χ1) is 10.1. The van der Waals surface area contributed by atoms with Crippen LogP contribution in [0.15, 0.2) is 42.5 Å². The first kappa shape index (κ1) is 15.9. The maximum absolute atomic E-state index is 9.36. The Balaban J connectivity index is 2.03. The lowest BCUT2D eigenvalue weighted by molar-refractivity contribution is 0.107. The van der Waals surface area contributed by atoms with Crippen LogP contribution in [0, 0.1) is 0 Å². The minimum Gasteiger partial charge on any atom is -0.497 e. The zero-order chi connectivity index (χ0) is 15.2. The molecule has 6 heteroatoms. The van der Waals surface area contributed by atoms with Gasteiger partial charge in [-0.3, -0.25) is 0 Å². The first-order valence-corrected chi connectivity index (χ1v) is 6.83. The molecule has 0 aromatic heterocycles. The Labute approximate surface area is 129 Å². The van der Waals surface area contributed by atoms with E-state index in [1.54, 1.807) is 37.4 Å². The van der Waals surface area contributed by atoms with Crippen LogP contribution in [-0.2, 0) is 18.0 Å². The first-order valence-electron chi connectivity index (χ1n) is 6.45. The second-order valence-electron chi connectivity index (χ2n) is 4.56. The van der Waals surface area contributed by atoms with Crippen molar-refractivity contribution in [1.29, 1.82) is 0 Å². The summed E-state index contributed by atoms with van der Waals surface area (Å²) in [5, 5.41) is 19.4. The van der Waals surface area contributed by atoms with Gasteiger partial charge in [-0.25, -0.2) is 0 Å². The lowest BCUT2D eigenvalue weighted by Crippen LogP contribution is -2.33. The summed E-state index contributed by atoms with van der Waals surface area (Å²) in [6, 6.07) is 12.4. The highest BCUT2D eigenvalue weighted by Crippen LogP contribution is 2.14. The van der Waals surface area contributed by atoms with Gasteiger partial charge in [0, 0.05) is 5.02 Å². The van der Waals surface area contributed by atoms with Gasteiger partial charge in [0.05, 0.1) is 20.3 Å². The second kappa shape index (κ2) is 7.47. The molecule has 0 atom stereocenters. The maximum Gasteiger partial charge on any atom is 0.488 e. The summed E-state index contributed by atoms with van der Waals surface area (Å²) in [7, 11) is 0.0213. The van der Waals surface area contributed by atoms with Gasteiger partial charge in [-0.05, 0) is 40.9 Å². The lowest BCUT2D eigenvalue weighted by atomic mass is 9.77. The van der Waals surface area contributed by atoms with E-state index >= 15 is 0 Å². The van der Waals surface area contributed by atoms with Crippen LogP contribution in [0.3, 0.4) is 0 Å². The van der Waals surface area contributed by atoms with Crippen LogP contribution in [-0.4, -0.2) is 24.3 Å². The number of hydrogen-bond donors (Lipinski definition) is 2. The molecule has 2 N–H and O–H groups in total. The molecular formula is C15H16BClO4. The molecule has 0 saturated heterocycles. The Morgan fingerprint density at radius 3 is 2.38 bits per heavy atom. The van der Waals surface area contributed by atoms with Crippen molar-refractivity contribution in [1.82, 2.24) is 0 Å². The summed E-state index contributed by atoms with van der Waals surface area (Å²) in [6.07, 6.45) is 0. The van der Waals surface area contributed by atoms with Crippen LogP contribution in [0.2, 0.25) is 5.02 Å². The van der Waals surface area contributed by atoms with E-state index in [2.05, 4.69) is 0 Å². The third-order valence-electron chi connectivity index (χ3n) is 3.07. The summed E-state index contributed by atoms with van der Waals surface area (Å²) in [6.45, 7) is 0.669. The fourth-order valence-electron chi connectivity index (χ4n) is 1.95. The Kier molecular flexibility index (Phi) is 5.64. The molecule has 0 aliphatic heterocycles. The van der Waals surface area contributed by atoms with Gasteiger partial charge in [-0.15, -0.1) is 0 Å². The molecule has 2 aromatic rings. The van der Waals surface area contributed by atoms with Gasteiger partial charge in [0.2, 0.25) is 0 Å². The minimum absolute atomic E-state index is 0.257. The van der Waals surface area contributed by atoms with Gasteiger partial charge in [0.15, 0.2) is 0 Å². The van der Waals surface area contributed by atoms with E-state index < -0.39 is 7.12 Å². The molecule has 2 aromatic carbocycles. The number of benzene rings is 2. The molecule has 0 spiro atoms. The average Bonchev–Trinajstić information content (AvgIpc) is 2.49. The molecule has 4 nitrogen and oxygen atoms in total. The van der Waals surface area contributed by atoms with Crippen molar-refractivity contribution in [2.24, 2.45) is 0 Å². The number of rotatable bonds is 6. The molecule has 0 amide bonds. The predicted molar refractivity (Wildman–Crippen MR) is 82.8 cm³/mol. The van der Waals surface area contributed by atoms with Crippen LogP contribution < -0.4 is 10.2 Å². The molecule has 2 rings (SSSR count). The Morgan fingerprint density at radius 1 is 1.05 bits per heavy atom. The van der Waals surface area contributed by atoms with E-state index in [1.807, 2.05) is 12.1 Å². The highest BCUT2D eigenvalue weighted by Gasteiger charge is 2.16. The minimum atomic E-state index is -1.54. The molecule has 0 saturated carbocycles. The van der Waals surface area contributed by atoms with E-state index in [1.165, 1.54) is 0 Å². The van der Waals surface area contributed by atoms with E-state index in [0.717, 1.165) is 5.56 Å². The van der Waals surface area contributed by atoms with Crippen LogP contribution in [0.1, 0.15) is 11.1 Å². The molecule has 0 heterocycles. The van der Waals surface area contributed by atoms with Crippen LogP contribution >= 0.6 is 11.6 Å². The molecule has 0 aliphatic carbocycles. The molecule has 0 bridgehead atoms. The van der Waals surface area contributed by atoms with Crippen LogP contribution in [0.4, 0.5) is 0 Å². The number of ether oxygens (including phenoxy) is 2. The number of hydrogen-bond acceptors (Lipinski definition) is 4. The van der Waals surface area contributed by atoms with Crippen LogP contribution in [0.5, 0.6) is 5.75 Å². The van der Waals surface area contributed by atoms with Crippen molar-refractivity contribution in [2.75, 3.05) is 7.11 Å². The quantitative estimate of drug-likeness (QED) is 0.798. The number of halogens is 1. The van der Waals surface area contributed by atoms with Crippen molar-refractivity contribution < 1.29 is 19.5 Å². The molecule has 110 valence electrons. The monoisotopic (exact) mass is 306 g/mol. The molecule has 0 radical (unpaired) electrons. The van der Waals surface area contributed by atoms with E-state index in [4.69, 9.17) is 21.1 Å². The van der Waals surface area contributed by atoms with Crippen LogP contribution in [0.25, 0.3) is 0 Å². The van der Waals surface area contributed by atoms with Crippen molar-refractivity contribution in [3.05, 3.63) is 58.6 Å². The van der Waals surface area contributed by atoms with Gasteiger partial charge in [0.25, 0.3) is 0 Å². The van der Waals surface area contributed by atoms with Gasteiger partial charge in [-0.2, -0.15) is 0 Å². The SMILES string of the molecule is COc1ccc(B(O)O)c(COCc2ccc(Cl)cc2)c1. The van der Waals surface area contributed by atoms with Crippen molar-refractivity contribution in [2.45, 2.75) is 13.2 Å². The highest BCUT2D eigenvalue weighted by molar-refractivity contribution is 6.59. The molecular weight excluding hydrogens is 290 g/mol. The zero-order valence-electron chi connectivity index (χ0n) is 11.6. The van der Waals surface area contributed by atoms with E-state index in [0.29, 0.717) is 28.4 Å². The summed E-state index contributed by atoms with van der Waals surface area (Å²) >= 11 is 5.82. The molecule has 21 heavy (non-hydrogen) atoms. The average molecular weight is 307 g/mol. The van der Waals surface area contributed by atoms with E-state index in [9.17, 15) is 10.0 Å². The Hall–Kier alpha value is -1.53.